The maximum absolute atomic E-state index is 14.4. The van der Waals surface area contributed by atoms with Gasteiger partial charge in [-0.1, -0.05) is 58.0 Å². The molecule has 0 bridgehead atoms. The maximum Gasteiger partial charge on any atom is 0.317 e. The van der Waals surface area contributed by atoms with Gasteiger partial charge in [-0.25, -0.2) is 4.98 Å². The number of H-pyrrole nitrogens is 2. The molecule has 1 aliphatic heterocycles. The Morgan fingerprint density at radius 2 is 1.10 bits per heavy atom. The number of ether oxygens (including phenoxy) is 2. The number of amides is 12. The van der Waals surface area contributed by atoms with Crippen LogP contribution in [-0.2, 0) is 96.0 Å². The zero-order valence-corrected chi connectivity index (χ0v) is 65.3. The standard InChI is InChI=1S/C73H109N19O20S/c1-44(2)31-55(71(108)85-53(66(75)103)17-30-113-6)86-72(109)57(33-50-36-76-43-81-50)84-59(94)37-80-73(110)65(45(3)4)88-67(104)46(5)82-70(107)56(32-49-35-78-52-10-8-7-9-51(49)52)87-69(106)54(15-16-58(74)93)83-61(96)42-112-29-28-111-27-18-77-68(105)48-13-11-47(12-14-48)34-79-60(95)38-89-19-21-90(39-62(97)98)23-25-92(41-64(101)102)26-24-91(22-20-89)40-63(99)100/h7-14,35-36,43-46,53-57,65,78H,15-34,37-42H2,1-6H3,(H2,74,93)(H2,75,103)(H,76,81)(H,77,105)(H,79,95)(H,80,110)(H,82,107)(H,83,96)(H,84,94)(H,85,108)(H,86,109)(H,87,106)(H,88,104)(H,97,98)(H,99,100)(H,101,102)/t46-,53-,54-,55-,56-,57-,65-/m0/s1. The molecular weight excluding hydrogens is 1490 g/mol. The Labute approximate surface area is 658 Å². The minimum atomic E-state index is -1.44. The lowest BCUT2D eigenvalue weighted by atomic mass is 10.0. The molecule has 3 heterocycles. The topological polar surface area (TPSA) is 565 Å². The number of aromatic nitrogens is 3. The first-order valence-corrected chi connectivity index (χ1v) is 38.5. The summed E-state index contributed by atoms with van der Waals surface area (Å²) < 4.78 is 11.1. The summed E-state index contributed by atoms with van der Waals surface area (Å²) in [6, 6.07) is 4.63. The molecule has 0 saturated carbocycles. The lowest BCUT2D eigenvalue weighted by molar-refractivity contribution is -0.140. The highest BCUT2D eigenvalue weighted by Gasteiger charge is 2.35. The Morgan fingerprint density at radius 1 is 0.549 bits per heavy atom. The molecule has 0 radical (unpaired) electrons. The Hall–Kier alpha value is -10.6. The number of thioether (sulfide) groups is 1. The van der Waals surface area contributed by atoms with Crippen molar-refractivity contribution >= 4 is 111 Å². The van der Waals surface area contributed by atoms with E-state index in [0.717, 1.165) is 0 Å². The van der Waals surface area contributed by atoms with Crippen LogP contribution in [0.5, 0.6) is 0 Å². The molecule has 113 heavy (non-hydrogen) atoms. The molecule has 0 unspecified atom stereocenters. The van der Waals surface area contributed by atoms with Gasteiger partial charge in [0.2, 0.25) is 65.0 Å². The van der Waals surface area contributed by atoms with Gasteiger partial charge in [-0.2, -0.15) is 11.8 Å². The number of fused-ring (bicyclic) bond motifs is 1. The smallest absolute Gasteiger partial charge is 0.317 e. The number of carbonyl (C=O) groups excluding carboxylic acids is 12. The number of hydrogen-bond donors (Lipinski definition) is 17. The van der Waals surface area contributed by atoms with E-state index < -0.39 is 144 Å². The number of nitrogens with two attached hydrogens (primary N) is 2. The van der Waals surface area contributed by atoms with Crippen LogP contribution in [0.3, 0.4) is 0 Å². The number of hydrogen-bond acceptors (Lipinski definition) is 23. The molecule has 1 aliphatic rings. The third kappa shape index (κ3) is 35.3. The number of nitrogens with one attached hydrogen (secondary N) is 12. The van der Waals surface area contributed by atoms with E-state index in [-0.39, 0.29) is 162 Å². The molecule has 7 atom stereocenters. The fraction of sp³-hybridized carbons (Fsp3) is 0.562. The molecule has 1 saturated heterocycles. The minimum Gasteiger partial charge on any atom is -0.480 e. The number of carboxylic acids is 3. The van der Waals surface area contributed by atoms with Crippen molar-refractivity contribution in [2.75, 3.05) is 130 Å². The molecule has 0 aliphatic carbocycles. The second-order valence-electron chi connectivity index (χ2n) is 27.9. The predicted molar refractivity (Wildman–Crippen MR) is 412 cm³/mol. The predicted octanol–water partition coefficient (Wildman–Crippen LogP) is -4.03. The van der Waals surface area contributed by atoms with Crippen LogP contribution in [0.15, 0.2) is 67.3 Å². The van der Waals surface area contributed by atoms with Crippen molar-refractivity contribution in [1.82, 2.24) is 87.7 Å². The monoisotopic (exact) mass is 1600 g/mol. The van der Waals surface area contributed by atoms with E-state index in [0.29, 0.717) is 39.0 Å². The summed E-state index contributed by atoms with van der Waals surface area (Å²) in [5.41, 5.74) is 13.7. The van der Waals surface area contributed by atoms with Crippen LogP contribution in [0.2, 0.25) is 0 Å². The number of carbonyl (C=O) groups is 15. The zero-order chi connectivity index (χ0) is 83.1. The van der Waals surface area contributed by atoms with E-state index in [1.165, 1.54) is 31.2 Å². The van der Waals surface area contributed by atoms with E-state index in [1.807, 2.05) is 20.1 Å². The molecule has 19 N–H and O–H groups in total. The van der Waals surface area contributed by atoms with Crippen LogP contribution in [0.4, 0.5) is 0 Å². The molecular formula is C73H109N19O20S. The highest BCUT2D eigenvalue weighted by molar-refractivity contribution is 7.98. The number of primary amides is 2. The third-order valence-corrected chi connectivity index (χ3v) is 18.6. The summed E-state index contributed by atoms with van der Waals surface area (Å²) in [5.74, 6) is -12.2. The van der Waals surface area contributed by atoms with Gasteiger partial charge in [-0.3, -0.25) is 91.5 Å². The van der Waals surface area contributed by atoms with Crippen LogP contribution in [0, 0.1) is 11.8 Å². The van der Waals surface area contributed by atoms with Crippen LogP contribution in [-0.4, -0.2) is 311 Å². The average molecular weight is 1600 g/mol. The number of benzene rings is 2. The van der Waals surface area contributed by atoms with E-state index in [4.69, 9.17) is 20.9 Å². The third-order valence-electron chi connectivity index (χ3n) is 17.9. The summed E-state index contributed by atoms with van der Waals surface area (Å²) in [6.45, 7) is 8.02. The first kappa shape index (κ1) is 93.0. The zero-order valence-electron chi connectivity index (χ0n) is 64.5. The van der Waals surface area contributed by atoms with E-state index in [9.17, 15) is 87.2 Å². The van der Waals surface area contributed by atoms with Gasteiger partial charge >= 0.3 is 17.9 Å². The van der Waals surface area contributed by atoms with Gasteiger partial charge in [0.15, 0.2) is 0 Å². The van der Waals surface area contributed by atoms with Gasteiger partial charge in [-0.15, -0.1) is 0 Å². The number of nitrogens with zero attached hydrogens (tertiary/aromatic N) is 5. The van der Waals surface area contributed by atoms with Gasteiger partial charge in [0.25, 0.3) is 5.91 Å². The molecule has 622 valence electrons. The number of carboxylic acid groups (broad SMARTS) is 3. The van der Waals surface area contributed by atoms with Crippen molar-refractivity contribution < 1.29 is 96.7 Å². The van der Waals surface area contributed by atoms with Gasteiger partial charge < -0.3 is 99.4 Å². The quantitative estimate of drug-likeness (QED) is 0.0187. The van der Waals surface area contributed by atoms with Crippen molar-refractivity contribution in [3.8, 4) is 0 Å². The SMILES string of the molecule is CSCC[C@H](NC(=O)[C@H](CC(C)C)NC(=O)[C@H](Cc1cnc[nH]1)NC(=O)CNC(=O)[C@@H](NC(=O)[C@H](C)NC(=O)[C@H](Cc1c[nH]c2ccccc12)NC(=O)[C@H](CCC(N)=O)NC(=O)COCCOCCNC(=O)c1ccc(CNC(=O)CN2CCN(CC(=O)O)CCN(CC(=O)O)CCN(CC(=O)O)CC2)cc1)C(C)C)C(N)=O. The van der Waals surface area contributed by atoms with E-state index >= 15 is 0 Å². The molecule has 2 aromatic heterocycles. The summed E-state index contributed by atoms with van der Waals surface area (Å²) in [6.07, 6.45) is 5.74. The molecule has 0 spiro atoms. The highest BCUT2D eigenvalue weighted by atomic mass is 32.2. The Balaban J connectivity index is 1.10. The average Bonchev–Trinajstić information content (AvgIpc) is 1.70. The van der Waals surface area contributed by atoms with Crippen molar-refractivity contribution in [3.63, 3.8) is 0 Å². The fourth-order valence-electron chi connectivity index (χ4n) is 11.8. The summed E-state index contributed by atoms with van der Waals surface area (Å²) in [4.78, 5) is 213. The van der Waals surface area contributed by atoms with Crippen molar-refractivity contribution in [2.45, 2.75) is 122 Å². The summed E-state index contributed by atoms with van der Waals surface area (Å²) in [5, 5.41) is 55.6. The normalized spacial score (nSPS) is 15.2. The number of para-hydroxylation sites is 1. The fourth-order valence-corrected chi connectivity index (χ4v) is 12.3. The van der Waals surface area contributed by atoms with Gasteiger partial charge in [0.1, 0.15) is 48.9 Å². The van der Waals surface area contributed by atoms with Crippen molar-refractivity contribution in [2.24, 2.45) is 23.3 Å². The highest BCUT2D eigenvalue weighted by Crippen LogP contribution is 2.20. The molecule has 4 aromatic rings. The maximum atomic E-state index is 14.4. The van der Waals surface area contributed by atoms with Gasteiger partial charge in [0.05, 0.1) is 58.9 Å². The Bertz CT molecular complexity index is 3800. The first-order valence-electron chi connectivity index (χ1n) is 37.1. The van der Waals surface area contributed by atoms with Gasteiger partial charge in [0, 0.05) is 119 Å². The van der Waals surface area contributed by atoms with Crippen LogP contribution < -0.4 is 64.6 Å². The van der Waals surface area contributed by atoms with Gasteiger partial charge in [-0.05, 0) is 79.4 Å². The lowest BCUT2D eigenvalue weighted by Gasteiger charge is -2.32. The van der Waals surface area contributed by atoms with E-state index in [1.54, 1.807) is 88.2 Å². The Kier molecular flexibility index (Phi) is 40.3. The van der Waals surface area contributed by atoms with Crippen LogP contribution in [0.1, 0.15) is 87.5 Å². The number of imidazole rings is 1. The number of rotatable bonds is 48. The minimum absolute atomic E-state index is 0.0233. The van der Waals surface area contributed by atoms with Crippen LogP contribution in [0.25, 0.3) is 10.9 Å². The molecule has 12 amide bonds. The van der Waals surface area contributed by atoms with Crippen molar-refractivity contribution in [3.05, 3.63) is 89.6 Å². The van der Waals surface area contributed by atoms with E-state index in [2.05, 4.69) is 68.1 Å². The first-order chi connectivity index (χ1) is 53.8. The molecule has 40 heteroatoms. The largest absolute Gasteiger partial charge is 0.480 e. The second-order valence-corrected chi connectivity index (χ2v) is 28.9. The summed E-state index contributed by atoms with van der Waals surface area (Å²) >= 11 is 1.45. The molecule has 39 nitrogen and oxygen atoms in total. The summed E-state index contributed by atoms with van der Waals surface area (Å²) in [7, 11) is 0. The van der Waals surface area contributed by atoms with Crippen molar-refractivity contribution in [1.29, 1.82) is 0 Å². The van der Waals surface area contributed by atoms with Crippen LogP contribution >= 0.6 is 11.8 Å². The second kappa shape index (κ2) is 49.0. The lowest BCUT2D eigenvalue weighted by Crippen LogP contribution is -2.59. The molecule has 2 aromatic carbocycles. The number of aromatic amines is 2. The number of aliphatic carboxylic acids is 3. The Morgan fingerprint density at radius 3 is 1.66 bits per heavy atom. The molecule has 5 rings (SSSR count). The molecule has 1 fully saturated rings.